The van der Waals surface area contributed by atoms with Crippen molar-refractivity contribution in [3.05, 3.63) is 51.4 Å². The fraction of sp³-hybridized carbons (Fsp3) is 0.143. The van der Waals surface area contributed by atoms with Gasteiger partial charge in [0.05, 0.1) is 11.3 Å². The molecule has 2 rings (SSSR count). The van der Waals surface area contributed by atoms with Crippen molar-refractivity contribution in [1.82, 2.24) is 4.98 Å². The molecule has 0 spiro atoms. The summed E-state index contributed by atoms with van der Waals surface area (Å²) in [5.41, 5.74) is 4.51. The van der Waals surface area contributed by atoms with Gasteiger partial charge in [-0.2, -0.15) is 0 Å². The summed E-state index contributed by atoms with van der Waals surface area (Å²) in [4.78, 5) is 15.9. The third kappa shape index (κ3) is 3.20. The lowest BCUT2D eigenvalue weighted by atomic mass is 10.1. The van der Waals surface area contributed by atoms with Crippen LogP contribution in [-0.2, 0) is 0 Å². The highest BCUT2D eigenvalue weighted by atomic mass is 79.9. The molecule has 1 amide bonds. The molecular weight excluding hydrogens is 339 g/mol. The number of hydrogen-bond acceptors (Lipinski definition) is 4. The van der Waals surface area contributed by atoms with Crippen LogP contribution in [0.5, 0.6) is 0 Å². The molecule has 21 heavy (non-hydrogen) atoms. The Kier molecular flexibility index (Phi) is 4.54. The van der Waals surface area contributed by atoms with E-state index in [1.165, 1.54) is 12.3 Å². The van der Waals surface area contributed by atoms with Gasteiger partial charge in [0.1, 0.15) is 0 Å². The first-order valence-electron chi connectivity index (χ1n) is 6.13. The normalized spacial score (nSPS) is 10.3. The number of nitrogens with zero attached hydrogens (tertiary/aromatic N) is 1. The standard InChI is InChI=1S/C14H14BrFN4O/c1-7-5-8(2)12(10(15)6-7)19-14(21)9-3-4-18-13(20-17)11(9)16/h3-6H,17H2,1-2H3,(H,18,20)(H,19,21). The molecule has 1 aromatic heterocycles. The molecule has 0 saturated heterocycles. The van der Waals surface area contributed by atoms with Crippen molar-refractivity contribution in [3.8, 4) is 0 Å². The van der Waals surface area contributed by atoms with Crippen molar-refractivity contribution >= 4 is 33.3 Å². The summed E-state index contributed by atoms with van der Waals surface area (Å²) < 4.78 is 14.7. The second-order valence-electron chi connectivity index (χ2n) is 4.56. The first kappa shape index (κ1) is 15.4. The predicted octanol–water partition coefficient (Wildman–Crippen LogP) is 3.14. The number of rotatable bonds is 3. The molecule has 0 aliphatic rings. The molecule has 0 radical (unpaired) electrons. The molecular formula is C14H14BrFN4O. The van der Waals surface area contributed by atoms with Gasteiger partial charge in [0.25, 0.3) is 5.91 Å². The highest BCUT2D eigenvalue weighted by molar-refractivity contribution is 9.10. The summed E-state index contributed by atoms with van der Waals surface area (Å²) in [5, 5.41) is 2.69. The van der Waals surface area contributed by atoms with Crippen LogP contribution in [0.4, 0.5) is 15.9 Å². The van der Waals surface area contributed by atoms with Gasteiger partial charge in [-0.15, -0.1) is 0 Å². The maximum atomic E-state index is 14.0. The molecule has 0 fully saturated rings. The van der Waals surface area contributed by atoms with Gasteiger partial charge in [-0.1, -0.05) is 6.07 Å². The lowest BCUT2D eigenvalue weighted by Gasteiger charge is -2.12. The average Bonchev–Trinajstić information content (AvgIpc) is 2.42. The second kappa shape index (κ2) is 6.19. The molecule has 0 saturated carbocycles. The van der Waals surface area contributed by atoms with E-state index in [1.54, 1.807) is 0 Å². The third-order valence-electron chi connectivity index (χ3n) is 2.94. The van der Waals surface area contributed by atoms with E-state index in [4.69, 9.17) is 5.84 Å². The summed E-state index contributed by atoms with van der Waals surface area (Å²) in [6, 6.07) is 5.09. The van der Waals surface area contributed by atoms with Gasteiger partial charge in [0.15, 0.2) is 11.6 Å². The van der Waals surface area contributed by atoms with Crippen LogP contribution < -0.4 is 16.6 Å². The predicted molar refractivity (Wildman–Crippen MR) is 83.6 cm³/mol. The van der Waals surface area contributed by atoms with Crippen LogP contribution in [0.2, 0.25) is 0 Å². The SMILES string of the molecule is Cc1cc(C)c(NC(=O)c2ccnc(NN)c2F)c(Br)c1. The number of anilines is 2. The highest BCUT2D eigenvalue weighted by Gasteiger charge is 2.17. The van der Waals surface area contributed by atoms with Crippen molar-refractivity contribution in [1.29, 1.82) is 0 Å². The number of hydrogen-bond donors (Lipinski definition) is 3. The Labute approximate surface area is 129 Å². The van der Waals surface area contributed by atoms with Gasteiger partial charge < -0.3 is 10.7 Å². The molecule has 0 aliphatic carbocycles. The average molecular weight is 353 g/mol. The molecule has 2 aromatic rings. The Bertz CT molecular complexity index is 682. The van der Waals surface area contributed by atoms with E-state index in [9.17, 15) is 9.18 Å². The zero-order valence-corrected chi connectivity index (χ0v) is 13.1. The van der Waals surface area contributed by atoms with Gasteiger partial charge in [-0.05, 0) is 53.0 Å². The van der Waals surface area contributed by atoms with E-state index in [0.29, 0.717) is 5.69 Å². The number of nitrogens with one attached hydrogen (secondary N) is 2. The van der Waals surface area contributed by atoms with E-state index in [-0.39, 0.29) is 11.4 Å². The van der Waals surface area contributed by atoms with Crippen molar-refractivity contribution in [2.75, 3.05) is 10.7 Å². The van der Waals surface area contributed by atoms with Gasteiger partial charge in [-0.25, -0.2) is 15.2 Å². The number of carbonyl (C=O) groups is 1. The van der Waals surface area contributed by atoms with Crippen molar-refractivity contribution in [2.45, 2.75) is 13.8 Å². The minimum Gasteiger partial charge on any atom is -0.321 e. The van der Waals surface area contributed by atoms with E-state index in [0.717, 1.165) is 15.6 Å². The summed E-state index contributed by atoms with van der Waals surface area (Å²) in [6.07, 6.45) is 1.31. The number of carbonyl (C=O) groups excluding carboxylic acids is 1. The number of halogens is 2. The van der Waals surface area contributed by atoms with Crippen molar-refractivity contribution in [2.24, 2.45) is 5.84 Å². The lowest BCUT2D eigenvalue weighted by Crippen LogP contribution is -2.18. The lowest BCUT2D eigenvalue weighted by molar-refractivity contribution is 0.102. The quantitative estimate of drug-likeness (QED) is 0.585. The Morgan fingerprint density at radius 1 is 1.38 bits per heavy atom. The largest absolute Gasteiger partial charge is 0.321 e. The van der Waals surface area contributed by atoms with Gasteiger partial charge in [0.2, 0.25) is 0 Å². The van der Waals surface area contributed by atoms with Crippen molar-refractivity contribution < 1.29 is 9.18 Å². The Morgan fingerprint density at radius 2 is 2.10 bits per heavy atom. The zero-order valence-electron chi connectivity index (χ0n) is 11.5. The Balaban J connectivity index is 2.35. The third-order valence-corrected chi connectivity index (χ3v) is 3.57. The molecule has 0 atom stereocenters. The monoisotopic (exact) mass is 352 g/mol. The van der Waals surface area contributed by atoms with Crippen LogP contribution in [0, 0.1) is 19.7 Å². The number of aromatic nitrogens is 1. The number of nitrogens with two attached hydrogens (primary N) is 1. The van der Waals surface area contributed by atoms with Gasteiger partial charge >= 0.3 is 0 Å². The number of hydrazine groups is 1. The number of amides is 1. The topological polar surface area (TPSA) is 80.0 Å². The number of aryl methyl sites for hydroxylation is 2. The molecule has 1 aromatic carbocycles. The Hall–Kier alpha value is -1.99. The molecule has 4 N–H and O–H groups in total. The Morgan fingerprint density at radius 3 is 2.71 bits per heavy atom. The molecule has 7 heteroatoms. The molecule has 110 valence electrons. The summed E-state index contributed by atoms with van der Waals surface area (Å²) in [5.74, 6) is 3.60. The molecule has 5 nitrogen and oxygen atoms in total. The van der Waals surface area contributed by atoms with E-state index in [1.807, 2.05) is 26.0 Å². The maximum absolute atomic E-state index is 14.0. The zero-order chi connectivity index (χ0) is 15.6. The van der Waals surface area contributed by atoms with Gasteiger partial charge in [0, 0.05) is 10.7 Å². The fourth-order valence-corrected chi connectivity index (χ4v) is 2.75. The molecule has 0 bridgehead atoms. The number of pyridine rings is 1. The van der Waals surface area contributed by atoms with E-state index in [2.05, 4.69) is 31.7 Å². The minimum atomic E-state index is -0.793. The van der Waals surface area contributed by atoms with E-state index >= 15 is 0 Å². The number of benzene rings is 1. The number of nitrogen functional groups attached to an aromatic ring is 1. The summed E-state index contributed by atoms with van der Waals surface area (Å²) in [7, 11) is 0. The smallest absolute Gasteiger partial charge is 0.258 e. The van der Waals surface area contributed by atoms with Crippen LogP contribution in [0.1, 0.15) is 21.5 Å². The van der Waals surface area contributed by atoms with Crippen LogP contribution in [0.15, 0.2) is 28.9 Å². The molecule has 0 unspecified atom stereocenters. The summed E-state index contributed by atoms with van der Waals surface area (Å²) >= 11 is 3.39. The molecule has 1 heterocycles. The first-order chi connectivity index (χ1) is 9.93. The summed E-state index contributed by atoms with van der Waals surface area (Å²) in [6.45, 7) is 3.81. The van der Waals surface area contributed by atoms with Crippen LogP contribution in [0.3, 0.4) is 0 Å². The highest BCUT2D eigenvalue weighted by Crippen LogP contribution is 2.28. The fourth-order valence-electron chi connectivity index (χ4n) is 1.97. The second-order valence-corrected chi connectivity index (χ2v) is 5.41. The van der Waals surface area contributed by atoms with Crippen molar-refractivity contribution in [3.63, 3.8) is 0 Å². The van der Waals surface area contributed by atoms with Gasteiger partial charge in [-0.3, -0.25) is 4.79 Å². The first-order valence-corrected chi connectivity index (χ1v) is 6.92. The van der Waals surface area contributed by atoms with Crippen LogP contribution in [0.25, 0.3) is 0 Å². The minimum absolute atomic E-state index is 0.134. The maximum Gasteiger partial charge on any atom is 0.258 e. The molecule has 0 aliphatic heterocycles. The van der Waals surface area contributed by atoms with Crippen LogP contribution in [-0.4, -0.2) is 10.9 Å². The van der Waals surface area contributed by atoms with Crippen LogP contribution >= 0.6 is 15.9 Å². The van der Waals surface area contributed by atoms with E-state index < -0.39 is 11.7 Å².